The maximum Gasteiger partial charge on any atom is 0.0991 e. The first-order valence-corrected chi connectivity index (χ1v) is 6.22. The first kappa shape index (κ1) is 13.5. The Morgan fingerprint density at radius 3 is 2.41 bits per heavy atom. The second kappa shape index (κ2) is 6.93. The highest BCUT2D eigenvalue weighted by atomic mass is 15.1. The van der Waals surface area contributed by atoms with E-state index in [9.17, 15) is 0 Å². The van der Waals surface area contributed by atoms with Gasteiger partial charge in [0.1, 0.15) is 0 Å². The van der Waals surface area contributed by atoms with Gasteiger partial charge < -0.3 is 5.73 Å². The predicted molar refractivity (Wildman–Crippen MR) is 71.4 cm³/mol. The molecule has 1 aromatic rings. The fourth-order valence-electron chi connectivity index (χ4n) is 1.96. The Balaban J connectivity index is 2.80. The molecule has 92 valence electrons. The molecule has 0 aliphatic carbocycles. The van der Waals surface area contributed by atoms with Crippen molar-refractivity contribution in [2.45, 2.75) is 33.2 Å². The van der Waals surface area contributed by atoms with Gasteiger partial charge in [-0.05, 0) is 49.7 Å². The van der Waals surface area contributed by atoms with Crippen molar-refractivity contribution >= 4 is 5.69 Å². The molecule has 0 aliphatic heterocycles. The van der Waals surface area contributed by atoms with Crippen LogP contribution < -0.4 is 5.73 Å². The summed E-state index contributed by atoms with van der Waals surface area (Å²) >= 11 is 0. The lowest BCUT2D eigenvalue weighted by Crippen LogP contribution is -2.25. The number of nitrogens with two attached hydrogens (primary N) is 1. The number of anilines is 1. The molecule has 3 heteroatoms. The summed E-state index contributed by atoms with van der Waals surface area (Å²) in [6, 6.07) is 7.64. The number of hydrogen-bond donors (Lipinski definition) is 1. The van der Waals surface area contributed by atoms with Crippen LogP contribution in [-0.2, 0) is 6.54 Å². The first-order chi connectivity index (χ1) is 8.21. The second-order valence-corrected chi connectivity index (χ2v) is 4.30. The van der Waals surface area contributed by atoms with Gasteiger partial charge >= 0.3 is 0 Å². The van der Waals surface area contributed by atoms with Gasteiger partial charge in [-0.25, -0.2) is 0 Å². The highest BCUT2D eigenvalue weighted by Gasteiger charge is 2.07. The molecule has 0 amide bonds. The van der Waals surface area contributed by atoms with Crippen LogP contribution in [0.1, 0.15) is 37.8 Å². The van der Waals surface area contributed by atoms with E-state index in [1.54, 1.807) is 6.07 Å². The molecule has 0 heterocycles. The van der Waals surface area contributed by atoms with Crippen molar-refractivity contribution in [2.75, 3.05) is 18.8 Å². The van der Waals surface area contributed by atoms with Crippen LogP contribution in [-0.4, -0.2) is 18.0 Å². The van der Waals surface area contributed by atoms with Gasteiger partial charge in [0.25, 0.3) is 0 Å². The smallest absolute Gasteiger partial charge is 0.0991 e. The van der Waals surface area contributed by atoms with E-state index in [1.807, 2.05) is 12.1 Å². The van der Waals surface area contributed by atoms with Gasteiger partial charge in [-0.1, -0.05) is 13.8 Å². The van der Waals surface area contributed by atoms with Gasteiger partial charge in [0.05, 0.1) is 11.6 Å². The molecule has 0 aromatic heterocycles. The third kappa shape index (κ3) is 4.08. The first-order valence-electron chi connectivity index (χ1n) is 6.22. The van der Waals surface area contributed by atoms with Crippen LogP contribution in [0.15, 0.2) is 18.2 Å². The van der Waals surface area contributed by atoms with Gasteiger partial charge in [0, 0.05) is 12.2 Å². The summed E-state index contributed by atoms with van der Waals surface area (Å²) < 4.78 is 0. The van der Waals surface area contributed by atoms with Crippen molar-refractivity contribution in [3.8, 4) is 6.07 Å². The zero-order valence-electron chi connectivity index (χ0n) is 10.7. The van der Waals surface area contributed by atoms with E-state index >= 15 is 0 Å². The second-order valence-electron chi connectivity index (χ2n) is 4.30. The normalized spacial score (nSPS) is 10.5. The summed E-state index contributed by atoms with van der Waals surface area (Å²) in [6.45, 7) is 7.34. The van der Waals surface area contributed by atoms with Crippen LogP contribution >= 0.6 is 0 Å². The quantitative estimate of drug-likeness (QED) is 0.766. The summed E-state index contributed by atoms with van der Waals surface area (Å²) in [5.74, 6) is 0. The highest BCUT2D eigenvalue weighted by Crippen LogP contribution is 2.16. The van der Waals surface area contributed by atoms with Gasteiger partial charge in [-0.3, -0.25) is 4.90 Å². The van der Waals surface area contributed by atoms with Crippen LogP contribution in [0.25, 0.3) is 0 Å². The lowest BCUT2D eigenvalue weighted by Gasteiger charge is -2.21. The zero-order valence-corrected chi connectivity index (χ0v) is 10.7. The largest absolute Gasteiger partial charge is 0.398 e. The Morgan fingerprint density at radius 2 is 1.88 bits per heavy atom. The molecule has 2 N–H and O–H groups in total. The van der Waals surface area contributed by atoms with Crippen molar-refractivity contribution in [3.05, 3.63) is 29.3 Å². The maximum absolute atomic E-state index is 8.89. The van der Waals surface area contributed by atoms with Gasteiger partial charge in [-0.15, -0.1) is 0 Å². The maximum atomic E-state index is 8.89. The van der Waals surface area contributed by atoms with Crippen LogP contribution in [0.5, 0.6) is 0 Å². The minimum absolute atomic E-state index is 0.683. The Hall–Kier alpha value is -1.53. The number of nitrogens with zero attached hydrogens (tertiary/aromatic N) is 2. The minimum atomic E-state index is 0.683. The topological polar surface area (TPSA) is 53.0 Å². The Kier molecular flexibility index (Phi) is 5.51. The summed E-state index contributed by atoms with van der Waals surface area (Å²) in [5, 5.41) is 8.89. The Bertz CT molecular complexity index is 387. The third-order valence-electron chi connectivity index (χ3n) is 2.75. The van der Waals surface area contributed by atoms with Gasteiger partial charge in [0.15, 0.2) is 0 Å². The summed E-state index contributed by atoms with van der Waals surface area (Å²) in [7, 11) is 0. The summed E-state index contributed by atoms with van der Waals surface area (Å²) in [6.07, 6.45) is 2.27. The van der Waals surface area contributed by atoms with Crippen LogP contribution in [0.3, 0.4) is 0 Å². The molecule has 0 saturated carbocycles. The number of benzene rings is 1. The van der Waals surface area contributed by atoms with Crippen molar-refractivity contribution in [3.63, 3.8) is 0 Å². The van der Waals surface area contributed by atoms with E-state index in [-0.39, 0.29) is 0 Å². The van der Waals surface area contributed by atoms with Crippen LogP contribution in [0, 0.1) is 11.3 Å². The van der Waals surface area contributed by atoms with Crippen molar-refractivity contribution in [1.29, 1.82) is 5.26 Å². The zero-order chi connectivity index (χ0) is 12.7. The molecule has 0 bridgehead atoms. The van der Waals surface area contributed by atoms with Crippen molar-refractivity contribution in [2.24, 2.45) is 0 Å². The van der Waals surface area contributed by atoms with E-state index in [0.717, 1.165) is 43.7 Å². The lowest BCUT2D eigenvalue weighted by molar-refractivity contribution is 0.267. The average molecular weight is 231 g/mol. The summed E-state index contributed by atoms with van der Waals surface area (Å²) in [5.41, 5.74) is 8.47. The standard InChI is InChI=1S/C14H21N3/c1-3-7-17(8-4-2)11-13-9-12(10-15)5-6-14(13)16/h5-6,9H,3-4,7-8,11,16H2,1-2H3. The molecular weight excluding hydrogens is 210 g/mol. The molecule has 1 aromatic carbocycles. The van der Waals surface area contributed by atoms with Gasteiger partial charge in [-0.2, -0.15) is 5.26 Å². The van der Waals surface area contributed by atoms with Gasteiger partial charge in [0.2, 0.25) is 0 Å². The lowest BCUT2D eigenvalue weighted by atomic mass is 10.1. The molecular formula is C14H21N3. The van der Waals surface area contributed by atoms with Crippen LogP contribution in [0.2, 0.25) is 0 Å². The Labute approximate surface area is 104 Å². The van der Waals surface area contributed by atoms with Crippen molar-refractivity contribution in [1.82, 2.24) is 4.90 Å². The summed E-state index contributed by atoms with van der Waals surface area (Å²) in [4.78, 5) is 2.38. The minimum Gasteiger partial charge on any atom is -0.398 e. The van der Waals surface area contributed by atoms with Crippen molar-refractivity contribution < 1.29 is 0 Å². The van der Waals surface area contributed by atoms with E-state index < -0.39 is 0 Å². The fraction of sp³-hybridized carbons (Fsp3) is 0.500. The number of nitrogen functional groups attached to an aromatic ring is 1. The van der Waals surface area contributed by atoms with E-state index in [2.05, 4.69) is 24.8 Å². The SMILES string of the molecule is CCCN(CCC)Cc1cc(C#N)ccc1N. The van der Waals surface area contributed by atoms with E-state index in [0.29, 0.717) is 5.56 Å². The monoisotopic (exact) mass is 231 g/mol. The van der Waals surface area contributed by atoms with Crippen LogP contribution in [0.4, 0.5) is 5.69 Å². The molecule has 3 nitrogen and oxygen atoms in total. The number of nitriles is 1. The van der Waals surface area contributed by atoms with E-state index in [1.165, 1.54) is 0 Å². The predicted octanol–water partition coefficient (Wildman–Crippen LogP) is 2.76. The molecule has 0 atom stereocenters. The molecule has 0 fully saturated rings. The molecule has 17 heavy (non-hydrogen) atoms. The molecule has 1 rings (SSSR count). The molecule has 0 saturated heterocycles. The Morgan fingerprint density at radius 1 is 1.24 bits per heavy atom. The average Bonchev–Trinajstić information content (AvgIpc) is 2.32. The fourth-order valence-corrected chi connectivity index (χ4v) is 1.96. The third-order valence-corrected chi connectivity index (χ3v) is 2.75. The highest BCUT2D eigenvalue weighted by molar-refractivity contribution is 5.51. The van der Waals surface area contributed by atoms with E-state index in [4.69, 9.17) is 11.0 Å². The molecule has 0 unspecified atom stereocenters. The molecule has 0 aliphatic rings. The molecule has 0 spiro atoms. The number of hydrogen-bond acceptors (Lipinski definition) is 3. The number of rotatable bonds is 6. The molecule has 0 radical (unpaired) electrons.